The van der Waals surface area contributed by atoms with Gasteiger partial charge in [0.05, 0.1) is 11.3 Å². The van der Waals surface area contributed by atoms with Gasteiger partial charge in [-0.1, -0.05) is 29.8 Å². The van der Waals surface area contributed by atoms with E-state index in [1.54, 1.807) is 23.9 Å². The molecule has 4 heteroatoms. The van der Waals surface area contributed by atoms with Crippen molar-refractivity contribution in [2.75, 3.05) is 0 Å². The van der Waals surface area contributed by atoms with Gasteiger partial charge in [0.1, 0.15) is 5.82 Å². The van der Waals surface area contributed by atoms with E-state index in [-0.39, 0.29) is 23.0 Å². The number of hydrogen-bond acceptors (Lipinski definition) is 2. The molecule has 0 saturated heterocycles. The van der Waals surface area contributed by atoms with Crippen LogP contribution in [0.5, 0.6) is 0 Å². The summed E-state index contributed by atoms with van der Waals surface area (Å²) in [6.45, 7) is 7.90. The molecule has 23 heavy (non-hydrogen) atoms. The Morgan fingerprint density at radius 3 is 2.39 bits per heavy atom. The molecule has 1 amide bonds. The van der Waals surface area contributed by atoms with Gasteiger partial charge in [-0.15, -0.1) is 11.8 Å². The highest BCUT2D eigenvalue weighted by Crippen LogP contribution is 2.28. The molecule has 1 N–H and O–H groups in total. The molecule has 2 rings (SSSR count). The average Bonchev–Trinajstić information content (AvgIpc) is 2.51. The summed E-state index contributed by atoms with van der Waals surface area (Å²) in [6.07, 6.45) is 0. The lowest BCUT2D eigenvalue weighted by molar-refractivity contribution is -0.120. The second-order valence-corrected chi connectivity index (χ2v) is 7.19. The topological polar surface area (TPSA) is 29.1 Å². The average molecular weight is 331 g/mol. The van der Waals surface area contributed by atoms with Crippen LogP contribution >= 0.6 is 11.8 Å². The van der Waals surface area contributed by atoms with Crippen molar-refractivity contribution >= 4 is 17.7 Å². The Morgan fingerprint density at radius 1 is 1.09 bits per heavy atom. The number of hydrogen-bond donors (Lipinski definition) is 1. The van der Waals surface area contributed by atoms with Crippen LogP contribution in [0.4, 0.5) is 4.39 Å². The van der Waals surface area contributed by atoms with Crippen LogP contribution in [0.15, 0.2) is 47.4 Å². The van der Waals surface area contributed by atoms with Gasteiger partial charge in [-0.3, -0.25) is 4.79 Å². The molecule has 0 spiro atoms. The largest absolute Gasteiger partial charge is 0.349 e. The maximum Gasteiger partial charge on any atom is 0.233 e. The third-order valence-corrected chi connectivity index (χ3v) is 5.01. The zero-order valence-corrected chi connectivity index (χ0v) is 14.7. The molecule has 0 aliphatic heterocycles. The van der Waals surface area contributed by atoms with Gasteiger partial charge in [-0.25, -0.2) is 4.39 Å². The van der Waals surface area contributed by atoms with Crippen molar-refractivity contribution < 1.29 is 9.18 Å². The molecule has 0 aromatic heterocycles. The lowest BCUT2D eigenvalue weighted by Gasteiger charge is -2.18. The number of nitrogens with one attached hydrogen (secondary N) is 1. The molecule has 122 valence electrons. The molecule has 0 aliphatic carbocycles. The van der Waals surface area contributed by atoms with Gasteiger partial charge in [-0.2, -0.15) is 0 Å². The summed E-state index contributed by atoms with van der Waals surface area (Å²) in [7, 11) is 0. The predicted molar refractivity (Wildman–Crippen MR) is 94.2 cm³/mol. The Hall–Kier alpha value is -1.81. The van der Waals surface area contributed by atoms with E-state index >= 15 is 0 Å². The molecule has 2 nitrogen and oxygen atoms in total. The minimum atomic E-state index is -0.272. The SMILES string of the molecule is Cc1ccc(C)c(SC(C)C(=O)NC(C)c2ccc(F)cc2)c1. The number of benzene rings is 2. The predicted octanol–water partition coefficient (Wildman–Crippen LogP) is 4.80. The summed E-state index contributed by atoms with van der Waals surface area (Å²) in [5.74, 6) is -0.293. The quantitative estimate of drug-likeness (QED) is 0.797. The van der Waals surface area contributed by atoms with Gasteiger partial charge in [0.25, 0.3) is 0 Å². The Labute approximate surface area is 141 Å². The number of amides is 1. The van der Waals surface area contributed by atoms with E-state index < -0.39 is 0 Å². The molecule has 0 radical (unpaired) electrons. The first-order valence-electron chi connectivity index (χ1n) is 7.66. The van der Waals surface area contributed by atoms with Gasteiger partial charge in [0.15, 0.2) is 0 Å². The highest BCUT2D eigenvalue weighted by atomic mass is 32.2. The van der Waals surface area contributed by atoms with E-state index in [1.807, 2.05) is 27.7 Å². The summed E-state index contributed by atoms with van der Waals surface area (Å²) in [5, 5.41) is 2.79. The van der Waals surface area contributed by atoms with Crippen molar-refractivity contribution in [2.24, 2.45) is 0 Å². The molecule has 0 bridgehead atoms. The molecule has 2 aromatic carbocycles. The summed E-state index contributed by atoms with van der Waals surface area (Å²) < 4.78 is 13.0. The fraction of sp³-hybridized carbons (Fsp3) is 0.316. The van der Waals surface area contributed by atoms with Gasteiger partial charge in [-0.05, 0) is 57.0 Å². The molecule has 0 saturated carbocycles. The zero-order chi connectivity index (χ0) is 17.0. The van der Waals surface area contributed by atoms with Crippen molar-refractivity contribution in [1.29, 1.82) is 0 Å². The molecule has 2 atom stereocenters. The first-order chi connectivity index (χ1) is 10.9. The fourth-order valence-electron chi connectivity index (χ4n) is 2.24. The first-order valence-corrected chi connectivity index (χ1v) is 8.54. The highest BCUT2D eigenvalue weighted by molar-refractivity contribution is 8.00. The lowest BCUT2D eigenvalue weighted by atomic mass is 10.1. The number of halogens is 1. The minimum Gasteiger partial charge on any atom is -0.349 e. The fourth-order valence-corrected chi connectivity index (χ4v) is 3.31. The molecular weight excluding hydrogens is 309 g/mol. The second-order valence-electron chi connectivity index (χ2n) is 5.81. The highest BCUT2D eigenvalue weighted by Gasteiger charge is 2.18. The van der Waals surface area contributed by atoms with Crippen LogP contribution < -0.4 is 5.32 Å². The van der Waals surface area contributed by atoms with E-state index in [1.165, 1.54) is 23.3 Å². The van der Waals surface area contributed by atoms with Crippen LogP contribution in [-0.4, -0.2) is 11.2 Å². The zero-order valence-electron chi connectivity index (χ0n) is 13.9. The smallest absolute Gasteiger partial charge is 0.233 e. The van der Waals surface area contributed by atoms with Crippen molar-refractivity contribution in [3.63, 3.8) is 0 Å². The third-order valence-electron chi connectivity index (χ3n) is 3.75. The van der Waals surface area contributed by atoms with Gasteiger partial charge in [0, 0.05) is 4.90 Å². The Balaban J connectivity index is 1.99. The van der Waals surface area contributed by atoms with Crippen LogP contribution in [0.1, 0.15) is 36.6 Å². The monoisotopic (exact) mass is 331 g/mol. The lowest BCUT2D eigenvalue weighted by Crippen LogP contribution is -2.33. The standard InChI is InChI=1S/C19H22FNOS/c1-12-5-6-13(2)18(11-12)23-15(4)19(22)21-14(3)16-7-9-17(20)10-8-16/h5-11,14-15H,1-4H3,(H,21,22). The van der Waals surface area contributed by atoms with Crippen molar-refractivity contribution in [3.05, 3.63) is 65.0 Å². The van der Waals surface area contributed by atoms with E-state index in [0.717, 1.165) is 10.5 Å². The van der Waals surface area contributed by atoms with Gasteiger partial charge >= 0.3 is 0 Å². The number of aryl methyl sites for hydroxylation is 2. The molecule has 0 heterocycles. The van der Waals surface area contributed by atoms with Crippen molar-refractivity contribution in [1.82, 2.24) is 5.32 Å². The van der Waals surface area contributed by atoms with Crippen LogP contribution in [0.2, 0.25) is 0 Å². The Kier molecular flexibility index (Phi) is 5.83. The maximum absolute atomic E-state index is 13.0. The van der Waals surface area contributed by atoms with E-state index in [2.05, 4.69) is 23.5 Å². The van der Waals surface area contributed by atoms with Crippen LogP contribution in [0.25, 0.3) is 0 Å². The van der Waals surface area contributed by atoms with E-state index in [9.17, 15) is 9.18 Å². The number of carbonyl (C=O) groups is 1. The first kappa shape index (κ1) is 17.5. The number of thioether (sulfide) groups is 1. The summed E-state index contributed by atoms with van der Waals surface area (Å²) >= 11 is 1.56. The van der Waals surface area contributed by atoms with E-state index in [0.29, 0.717) is 0 Å². The summed E-state index contributed by atoms with van der Waals surface area (Å²) in [4.78, 5) is 13.5. The minimum absolute atomic E-state index is 0.0206. The van der Waals surface area contributed by atoms with Crippen molar-refractivity contribution in [3.8, 4) is 0 Å². The second kappa shape index (κ2) is 7.64. The molecule has 0 aliphatic rings. The number of rotatable bonds is 5. The summed E-state index contributed by atoms with van der Waals surface area (Å²) in [5.41, 5.74) is 3.25. The third kappa shape index (κ3) is 4.83. The van der Waals surface area contributed by atoms with Crippen LogP contribution in [-0.2, 0) is 4.79 Å². The van der Waals surface area contributed by atoms with E-state index in [4.69, 9.17) is 0 Å². The number of carbonyl (C=O) groups excluding carboxylic acids is 1. The summed E-state index contributed by atoms with van der Waals surface area (Å²) in [6, 6.07) is 12.3. The van der Waals surface area contributed by atoms with Gasteiger partial charge in [0.2, 0.25) is 5.91 Å². The Bertz CT molecular complexity index is 684. The molecular formula is C19H22FNOS. The van der Waals surface area contributed by atoms with Crippen LogP contribution in [0, 0.1) is 19.7 Å². The molecule has 2 aromatic rings. The van der Waals surface area contributed by atoms with Crippen LogP contribution in [0.3, 0.4) is 0 Å². The maximum atomic E-state index is 13.0. The molecule has 2 unspecified atom stereocenters. The van der Waals surface area contributed by atoms with Crippen molar-refractivity contribution in [2.45, 2.75) is 43.9 Å². The Morgan fingerprint density at radius 2 is 1.74 bits per heavy atom. The molecule has 0 fully saturated rings. The van der Waals surface area contributed by atoms with Gasteiger partial charge < -0.3 is 5.32 Å². The normalized spacial score (nSPS) is 13.4.